The molecule has 0 bridgehead atoms. The first-order chi connectivity index (χ1) is 40.5. The van der Waals surface area contributed by atoms with Crippen LogP contribution in [0.3, 0.4) is 0 Å². The van der Waals surface area contributed by atoms with Crippen molar-refractivity contribution in [3.63, 3.8) is 0 Å². The second-order valence-electron chi connectivity index (χ2n) is 26.0. The van der Waals surface area contributed by atoms with Crippen LogP contribution in [0.4, 0.5) is 0 Å². The molecule has 6 heteroatoms. The van der Waals surface area contributed by atoms with E-state index < -0.39 is 12.1 Å². The van der Waals surface area contributed by atoms with Crippen molar-refractivity contribution >= 4 is 11.9 Å². The van der Waals surface area contributed by atoms with Gasteiger partial charge in [0.2, 0.25) is 5.91 Å². The number of nitrogens with one attached hydrogen (secondary N) is 1. The van der Waals surface area contributed by atoms with Crippen molar-refractivity contribution < 1.29 is 24.5 Å². The van der Waals surface area contributed by atoms with Crippen LogP contribution in [0.25, 0.3) is 0 Å². The zero-order valence-electron chi connectivity index (χ0n) is 55.8. The molecular weight excluding hydrogens is 1010 g/mol. The van der Waals surface area contributed by atoms with Gasteiger partial charge in [0.1, 0.15) is 0 Å². The van der Waals surface area contributed by atoms with Crippen LogP contribution >= 0.6 is 0 Å². The van der Waals surface area contributed by atoms with Crippen LogP contribution in [0.1, 0.15) is 425 Å². The molecule has 0 heterocycles. The van der Waals surface area contributed by atoms with E-state index >= 15 is 0 Å². The normalized spacial score (nSPS) is 12.6. The minimum absolute atomic E-state index is 0.0189. The summed E-state index contributed by atoms with van der Waals surface area (Å²) in [6.45, 7) is 5.00. The van der Waals surface area contributed by atoms with Crippen molar-refractivity contribution in [1.82, 2.24) is 5.32 Å². The molecule has 2 atom stereocenters. The number of carbonyl (C=O) groups excluding carboxylic acids is 2. The van der Waals surface area contributed by atoms with Gasteiger partial charge in [0.15, 0.2) is 0 Å². The number of allylic oxidation sites excluding steroid dienone is 4. The third-order valence-corrected chi connectivity index (χ3v) is 17.8. The van der Waals surface area contributed by atoms with E-state index in [2.05, 4.69) is 43.5 Å². The average molecular weight is 1160 g/mol. The molecule has 6 nitrogen and oxygen atoms in total. The van der Waals surface area contributed by atoms with E-state index in [0.717, 1.165) is 44.9 Å². The lowest BCUT2D eigenvalue weighted by Crippen LogP contribution is -2.45. The molecule has 0 spiro atoms. The van der Waals surface area contributed by atoms with Crippen molar-refractivity contribution in [2.75, 3.05) is 13.2 Å². The lowest BCUT2D eigenvalue weighted by molar-refractivity contribution is -0.143. The van der Waals surface area contributed by atoms with Crippen LogP contribution in [0.5, 0.6) is 0 Å². The second-order valence-corrected chi connectivity index (χ2v) is 26.0. The van der Waals surface area contributed by atoms with Gasteiger partial charge in [-0.1, -0.05) is 378 Å². The topological polar surface area (TPSA) is 95.9 Å². The molecule has 0 aliphatic heterocycles. The van der Waals surface area contributed by atoms with Crippen molar-refractivity contribution in [3.05, 3.63) is 24.3 Å². The first-order valence-corrected chi connectivity index (χ1v) is 37.6. The SMILES string of the molecule is CCCCCCCCCCCCCCCCCCCCCC(=O)OCCCCCCCCCCC/C=C\C/C=C\CCCCCCCCCCCCCCCCCC(=O)NC(CO)C(O)CCCCCCCCCCCCCCCCC. The molecule has 0 aromatic rings. The number of unbranched alkanes of at least 4 members (excludes halogenated alkanes) is 56. The molecule has 82 heavy (non-hydrogen) atoms. The highest BCUT2D eigenvalue weighted by molar-refractivity contribution is 5.76. The first kappa shape index (κ1) is 80.3. The predicted molar refractivity (Wildman–Crippen MR) is 361 cm³/mol. The Labute approximate surface area is 513 Å². The minimum Gasteiger partial charge on any atom is -0.466 e. The summed E-state index contributed by atoms with van der Waals surface area (Å²) < 4.78 is 5.51. The van der Waals surface area contributed by atoms with Gasteiger partial charge in [0.25, 0.3) is 0 Å². The molecule has 0 saturated carbocycles. The van der Waals surface area contributed by atoms with Crippen molar-refractivity contribution in [2.24, 2.45) is 0 Å². The molecule has 0 aromatic carbocycles. The zero-order valence-corrected chi connectivity index (χ0v) is 55.8. The van der Waals surface area contributed by atoms with Crippen molar-refractivity contribution in [1.29, 1.82) is 0 Å². The molecule has 486 valence electrons. The summed E-state index contributed by atoms with van der Waals surface area (Å²) in [5.74, 6) is -0.0123. The molecule has 0 fully saturated rings. The van der Waals surface area contributed by atoms with Gasteiger partial charge >= 0.3 is 5.97 Å². The number of amides is 1. The Kier molecular flexibility index (Phi) is 70.4. The van der Waals surface area contributed by atoms with Gasteiger partial charge in [-0.25, -0.2) is 0 Å². The fourth-order valence-corrected chi connectivity index (χ4v) is 12.0. The van der Waals surface area contributed by atoms with Crippen molar-refractivity contribution in [3.8, 4) is 0 Å². The van der Waals surface area contributed by atoms with Gasteiger partial charge in [-0.2, -0.15) is 0 Å². The second kappa shape index (κ2) is 71.8. The summed E-state index contributed by atoms with van der Waals surface area (Å²) in [6.07, 6.45) is 91.1. The number of aliphatic hydroxyl groups excluding tert-OH is 2. The number of esters is 1. The van der Waals surface area contributed by atoms with Crippen LogP contribution in [0, 0.1) is 0 Å². The monoisotopic (exact) mass is 1150 g/mol. The van der Waals surface area contributed by atoms with Gasteiger partial charge in [-0.3, -0.25) is 9.59 Å². The Bertz CT molecular complexity index is 1280. The molecule has 0 aliphatic rings. The standard InChI is InChI=1S/C76H147NO5/c1-3-5-7-9-11-13-15-17-19-20-34-38-42-46-50-54-58-62-66-70-76(81)82-71-67-63-59-55-51-47-43-39-36-33-31-29-27-25-23-21-22-24-26-28-30-32-35-37-41-45-49-53-57-61-65-69-75(80)77-73(72-78)74(79)68-64-60-56-52-48-44-40-18-16-14-12-10-8-6-4-2/h23,25,29,31,73-74,78-79H,3-22,24,26-28,30,32-72H2,1-2H3,(H,77,80)/b25-23-,31-29-. The fraction of sp³-hybridized carbons (Fsp3) is 0.921. The summed E-state index contributed by atoms with van der Waals surface area (Å²) in [6, 6.07) is -0.541. The predicted octanol–water partition coefficient (Wildman–Crippen LogP) is 24.5. The van der Waals surface area contributed by atoms with E-state index in [9.17, 15) is 19.8 Å². The molecule has 0 saturated heterocycles. The number of aliphatic hydroxyl groups is 2. The van der Waals surface area contributed by atoms with Crippen LogP contribution in [-0.4, -0.2) is 47.4 Å². The number of hydrogen-bond acceptors (Lipinski definition) is 5. The summed E-state index contributed by atoms with van der Waals surface area (Å²) >= 11 is 0. The van der Waals surface area contributed by atoms with E-state index in [1.165, 1.54) is 347 Å². The third kappa shape index (κ3) is 67.5. The quantitative estimate of drug-likeness (QED) is 0.0320. The lowest BCUT2D eigenvalue weighted by atomic mass is 10.0. The number of rotatable bonds is 71. The Morgan fingerprint density at radius 2 is 0.610 bits per heavy atom. The minimum atomic E-state index is -0.663. The maximum absolute atomic E-state index is 12.5. The van der Waals surface area contributed by atoms with Gasteiger partial charge in [0, 0.05) is 12.8 Å². The molecule has 0 aromatic heterocycles. The van der Waals surface area contributed by atoms with Crippen molar-refractivity contribution in [2.45, 2.75) is 437 Å². The van der Waals surface area contributed by atoms with Crippen LogP contribution in [0.15, 0.2) is 24.3 Å². The van der Waals surface area contributed by atoms with Crippen LogP contribution in [-0.2, 0) is 14.3 Å². The maximum atomic E-state index is 12.5. The smallest absolute Gasteiger partial charge is 0.305 e. The van der Waals surface area contributed by atoms with Crippen LogP contribution in [0.2, 0.25) is 0 Å². The number of ether oxygens (including phenoxy) is 1. The van der Waals surface area contributed by atoms with E-state index in [1.54, 1.807) is 0 Å². The van der Waals surface area contributed by atoms with E-state index in [4.69, 9.17) is 4.74 Å². The highest BCUT2D eigenvalue weighted by atomic mass is 16.5. The largest absolute Gasteiger partial charge is 0.466 e. The Hall–Kier alpha value is -1.66. The average Bonchev–Trinajstić information content (AvgIpc) is 3.48. The Morgan fingerprint density at radius 1 is 0.341 bits per heavy atom. The molecule has 2 unspecified atom stereocenters. The van der Waals surface area contributed by atoms with E-state index in [1.807, 2.05) is 0 Å². The van der Waals surface area contributed by atoms with E-state index in [-0.39, 0.29) is 18.5 Å². The Morgan fingerprint density at radius 3 is 0.927 bits per heavy atom. The summed E-state index contributed by atoms with van der Waals surface area (Å²) in [5.41, 5.74) is 0. The molecule has 0 aliphatic carbocycles. The lowest BCUT2D eigenvalue weighted by Gasteiger charge is -2.22. The summed E-state index contributed by atoms with van der Waals surface area (Å²) in [4.78, 5) is 24.6. The highest BCUT2D eigenvalue weighted by Crippen LogP contribution is 2.19. The van der Waals surface area contributed by atoms with Crippen LogP contribution < -0.4 is 5.32 Å². The molecule has 1 amide bonds. The van der Waals surface area contributed by atoms with Gasteiger partial charge < -0.3 is 20.3 Å². The summed E-state index contributed by atoms with van der Waals surface area (Å²) in [5, 5.41) is 23.3. The first-order valence-electron chi connectivity index (χ1n) is 37.6. The van der Waals surface area contributed by atoms with Gasteiger partial charge in [-0.05, 0) is 57.8 Å². The maximum Gasteiger partial charge on any atom is 0.305 e. The van der Waals surface area contributed by atoms with E-state index in [0.29, 0.717) is 25.9 Å². The van der Waals surface area contributed by atoms with Gasteiger partial charge in [0.05, 0.1) is 25.4 Å². The third-order valence-electron chi connectivity index (χ3n) is 17.8. The molecule has 3 N–H and O–H groups in total. The summed E-state index contributed by atoms with van der Waals surface area (Å²) in [7, 11) is 0. The number of carbonyl (C=O) groups is 2. The zero-order chi connectivity index (χ0) is 59.2. The molecule has 0 radical (unpaired) electrons. The molecular formula is C76H147NO5. The molecule has 0 rings (SSSR count). The number of hydrogen-bond donors (Lipinski definition) is 3. The van der Waals surface area contributed by atoms with Gasteiger partial charge in [-0.15, -0.1) is 0 Å². The fourth-order valence-electron chi connectivity index (χ4n) is 12.0. The Balaban J connectivity index is 3.36. The highest BCUT2D eigenvalue weighted by Gasteiger charge is 2.20.